The molecule has 3 rings (SSSR count). The van der Waals surface area contributed by atoms with Gasteiger partial charge in [-0.15, -0.1) is 0 Å². The van der Waals surface area contributed by atoms with E-state index in [1.54, 1.807) is 0 Å². The highest BCUT2D eigenvalue weighted by molar-refractivity contribution is 6.31. The molecule has 0 amide bonds. The van der Waals surface area contributed by atoms with E-state index in [9.17, 15) is 4.79 Å². The summed E-state index contributed by atoms with van der Waals surface area (Å²) in [4.78, 5) is 13.4. The van der Waals surface area contributed by atoms with Gasteiger partial charge in [0, 0.05) is 10.0 Å². The van der Waals surface area contributed by atoms with Crippen molar-refractivity contribution in [2.45, 2.75) is 25.2 Å². The predicted octanol–water partition coefficient (Wildman–Crippen LogP) is 6.28. The Hall–Kier alpha value is -2.29. The van der Waals surface area contributed by atoms with E-state index < -0.39 is 5.41 Å². The molecule has 28 heavy (non-hydrogen) atoms. The number of carbonyl (C=O) groups excluding carboxylic acids is 1. The summed E-state index contributed by atoms with van der Waals surface area (Å²) in [6.07, 6.45) is 0.835. The largest absolute Gasteiger partial charge is 0.465 e. The normalized spacial score (nSPS) is 11.2. The zero-order valence-electron chi connectivity index (χ0n) is 15.7. The van der Waals surface area contributed by atoms with Gasteiger partial charge in [-0.3, -0.25) is 4.79 Å². The van der Waals surface area contributed by atoms with Crippen molar-refractivity contribution in [1.29, 1.82) is 0 Å². The number of ether oxygens (including phenoxy) is 1. The standard InChI is InChI=1S/C24H22Cl2O2/c1-2-28-23(27)24(20-12-4-3-5-13-20,16-18-10-6-8-14-21(18)25)17-19-11-7-9-15-22(19)26/h3-15H,2,16-17H2,1H3. The lowest BCUT2D eigenvalue weighted by molar-refractivity contribution is -0.150. The molecule has 0 aliphatic rings. The lowest BCUT2D eigenvalue weighted by Gasteiger charge is -2.33. The van der Waals surface area contributed by atoms with Gasteiger partial charge in [0.25, 0.3) is 0 Å². The second-order valence-electron chi connectivity index (χ2n) is 6.70. The van der Waals surface area contributed by atoms with Crippen molar-refractivity contribution in [3.63, 3.8) is 0 Å². The van der Waals surface area contributed by atoms with Crippen LogP contribution in [-0.4, -0.2) is 12.6 Å². The Bertz CT molecular complexity index is 891. The molecule has 0 unspecified atom stereocenters. The Kier molecular flexibility index (Phi) is 6.77. The van der Waals surface area contributed by atoms with Crippen LogP contribution in [0.25, 0.3) is 0 Å². The van der Waals surface area contributed by atoms with Crippen molar-refractivity contribution in [3.05, 3.63) is 106 Å². The van der Waals surface area contributed by atoms with Crippen LogP contribution in [0.5, 0.6) is 0 Å². The Morgan fingerprint density at radius 1 is 0.786 bits per heavy atom. The van der Waals surface area contributed by atoms with Crippen LogP contribution in [0.3, 0.4) is 0 Å². The molecule has 0 N–H and O–H groups in total. The van der Waals surface area contributed by atoms with Crippen molar-refractivity contribution in [1.82, 2.24) is 0 Å². The highest BCUT2D eigenvalue weighted by Gasteiger charge is 2.42. The molecule has 3 aromatic carbocycles. The summed E-state index contributed by atoms with van der Waals surface area (Å²) in [5.74, 6) is -0.277. The van der Waals surface area contributed by atoms with Crippen LogP contribution in [-0.2, 0) is 27.8 Å². The van der Waals surface area contributed by atoms with E-state index in [2.05, 4.69) is 0 Å². The quantitative estimate of drug-likeness (QED) is 0.426. The molecule has 0 aliphatic heterocycles. The van der Waals surface area contributed by atoms with Gasteiger partial charge in [-0.05, 0) is 48.6 Å². The fraction of sp³-hybridized carbons (Fsp3) is 0.208. The van der Waals surface area contributed by atoms with E-state index in [1.807, 2.05) is 85.8 Å². The third-order valence-corrected chi connectivity index (χ3v) is 5.63. The Labute approximate surface area is 176 Å². The van der Waals surface area contributed by atoms with E-state index in [0.29, 0.717) is 29.5 Å². The van der Waals surface area contributed by atoms with Gasteiger partial charge in [0.05, 0.1) is 6.61 Å². The number of hydrogen-bond donors (Lipinski definition) is 0. The lowest BCUT2D eigenvalue weighted by atomic mass is 9.71. The number of halogens is 2. The second-order valence-corrected chi connectivity index (χ2v) is 7.52. The van der Waals surface area contributed by atoms with Gasteiger partial charge in [0.15, 0.2) is 0 Å². The molecule has 0 heterocycles. The monoisotopic (exact) mass is 412 g/mol. The van der Waals surface area contributed by atoms with E-state index in [4.69, 9.17) is 27.9 Å². The Balaban J connectivity index is 2.18. The van der Waals surface area contributed by atoms with Crippen LogP contribution in [0.1, 0.15) is 23.6 Å². The molecule has 3 aromatic rings. The molecular formula is C24H22Cl2O2. The fourth-order valence-corrected chi connectivity index (χ4v) is 3.89. The lowest BCUT2D eigenvalue weighted by Crippen LogP contribution is -2.42. The number of esters is 1. The third kappa shape index (κ3) is 4.40. The SMILES string of the molecule is CCOC(=O)C(Cc1ccccc1Cl)(Cc1ccccc1Cl)c1ccccc1. The highest BCUT2D eigenvalue weighted by atomic mass is 35.5. The van der Waals surface area contributed by atoms with Crippen LogP contribution in [0.2, 0.25) is 10.0 Å². The Morgan fingerprint density at radius 2 is 1.25 bits per heavy atom. The van der Waals surface area contributed by atoms with E-state index in [0.717, 1.165) is 16.7 Å². The molecular weight excluding hydrogens is 391 g/mol. The van der Waals surface area contributed by atoms with Crippen LogP contribution < -0.4 is 0 Å². The highest BCUT2D eigenvalue weighted by Crippen LogP contribution is 2.37. The first-order valence-electron chi connectivity index (χ1n) is 9.26. The maximum Gasteiger partial charge on any atom is 0.317 e. The molecule has 0 aliphatic carbocycles. The summed E-state index contributed by atoms with van der Waals surface area (Å²) in [5, 5.41) is 1.26. The van der Waals surface area contributed by atoms with E-state index >= 15 is 0 Å². The molecule has 4 heteroatoms. The smallest absolute Gasteiger partial charge is 0.317 e. The first-order chi connectivity index (χ1) is 13.6. The van der Waals surface area contributed by atoms with Crippen molar-refractivity contribution in [2.24, 2.45) is 0 Å². The minimum Gasteiger partial charge on any atom is -0.465 e. The molecule has 0 aromatic heterocycles. The zero-order chi connectivity index (χ0) is 20.0. The van der Waals surface area contributed by atoms with E-state index in [-0.39, 0.29) is 5.97 Å². The second kappa shape index (κ2) is 9.27. The van der Waals surface area contributed by atoms with E-state index in [1.165, 1.54) is 0 Å². The Morgan fingerprint density at radius 3 is 1.71 bits per heavy atom. The van der Waals surface area contributed by atoms with Gasteiger partial charge in [0.2, 0.25) is 0 Å². The van der Waals surface area contributed by atoms with Crippen LogP contribution >= 0.6 is 23.2 Å². The summed E-state index contributed by atoms with van der Waals surface area (Å²) in [5.41, 5.74) is 1.74. The maximum absolute atomic E-state index is 13.4. The average molecular weight is 413 g/mol. The summed E-state index contributed by atoms with van der Waals surface area (Å²) >= 11 is 12.9. The molecule has 144 valence electrons. The molecule has 0 fully saturated rings. The summed E-state index contributed by atoms with van der Waals surface area (Å²) in [7, 11) is 0. The number of carbonyl (C=O) groups is 1. The molecule has 0 bridgehead atoms. The molecule has 0 radical (unpaired) electrons. The first-order valence-corrected chi connectivity index (χ1v) is 10.0. The van der Waals surface area contributed by atoms with Gasteiger partial charge in [-0.2, -0.15) is 0 Å². The summed E-state index contributed by atoms with van der Waals surface area (Å²) < 4.78 is 5.56. The van der Waals surface area contributed by atoms with Crippen LogP contribution in [0, 0.1) is 0 Å². The third-order valence-electron chi connectivity index (χ3n) is 4.89. The summed E-state index contributed by atoms with van der Waals surface area (Å²) in [6.45, 7) is 2.12. The van der Waals surface area contributed by atoms with Crippen molar-refractivity contribution in [3.8, 4) is 0 Å². The van der Waals surface area contributed by atoms with Gasteiger partial charge in [0.1, 0.15) is 5.41 Å². The van der Waals surface area contributed by atoms with Gasteiger partial charge < -0.3 is 4.74 Å². The van der Waals surface area contributed by atoms with Gasteiger partial charge in [-0.1, -0.05) is 89.9 Å². The van der Waals surface area contributed by atoms with Crippen molar-refractivity contribution >= 4 is 29.2 Å². The van der Waals surface area contributed by atoms with Crippen molar-refractivity contribution in [2.75, 3.05) is 6.61 Å². The fourth-order valence-electron chi connectivity index (χ4n) is 3.49. The zero-order valence-corrected chi connectivity index (χ0v) is 17.2. The topological polar surface area (TPSA) is 26.3 Å². The molecule has 0 saturated heterocycles. The maximum atomic E-state index is 13.4. The minimum absolute atomic E-state index is 0.277. The van der Waals surface area contributed by atoms with Crippen LogP contribution in [0.4, 0.5) is 0 Å². The number of benzene rings is 3. The van der Waals surface area contributed by atoms with Crippen molar-refractivity contribution < 1.29 is 9.53 Å². The number of rotatable bonds is 7. The van der Waals surface area contributed by atoms with Gasteiger partial charge >= 0.3 is 5.97 Å². The molecule has 0 spiro atoms. The minimum atomic E-state index is -0.937. The van der Waals surface area contributed by atoms with Gasteiger partial charge in [-0.25, -0.2) is 0 Å². The molecule has 0 saturated carbocycles. The molecule has 2 nitrogen and oxygen atoms in total. The summed E-state index contributed by atoms with van der Waals surface area (Å²) in [6, 6.07) is 24.9. The number of hydrogen-bond acceptors (Lipinski definition) is 2. The molecule has 0 atom stereocenters. The van der Waals surface area contributed by atoms with Crippen LogP contribution in [0.15, 0.2) is 78.9 Å². The predicted molar refractivity (Wildman–Crippen MR) is 115 cm³/mol. The first kappa shape index (κ1) is 20.4. The average Bonchev–Trinajstić information content (AvgIpc) is 2.71.